The van der Waals surface area contributed by atoms with Crippen molar-refractivity contribution in [3.8, 4) is 0 Å². The maximum absolute atomic E-state index is 6.00. The van der Waals surface area contributed by atoms with Gasteiger partial charge in [0.25, 0.3) is 0 Å². The first-order chi connectivity index (χ1) is 11.4. The summed E-state index contributed by atoms with van der Waals surface area (Å²) in [6.45, 7) is 13.4. The van der Waals surface area contributed by atoms with Gasteiger partial charge in [-0.1, -0.05) is 19.9 Å². The molecule has 4 nitrogen and oxygen atoms in total. The van der Waals surface area contributed by atoms with Crippen LogP contribution >= 0.6 is 24.0 Å². The van der Waals surface area contributed by atoms with E-state index < -0.39 is 0 Å². The van der Waals surface area contributed by atoms with Crippen LogP contribution in [0, 0.1) is 25.7 Å². The zero-order chi connectivity index (χ0) is 17.5. The van der Waals surface area contributed by atoms with E-state index in [1.807, 2.05) is 0 Å². The minimum Gasteiger partial charge on any atom is -0.370 e. The van der Waals surface area contributed by atoms with Crippen molar-refractivity contribution in [3.05, 3.63) is 29.3 Å². The Balaban J connectivity index is 0.00000312. The van der Waals surface area contributed by atoms with Gasteiger partial charge in [-0.25, -0.2) is 0 Å². The number of unbranched alkanes of at least 4 members (excludes halogenated alkanes) is 1. The third kappa shape index (κ3) is 8.40. The number of benzene rings is 1. The van der Waals surface area contributed by atoms with Crippen molar-refractivity contribution in [2.75, 3.05) is 31.5 Å². The van der Waals surface area contributed by atoms with Crippen LogP contribution in [0.4, 0.5) is 5.69 Å². The van der Waals surface area contributed by atoms with Crippen molar-refractivity contribution in [3.63, 3.8) is 0 Å². The minimum absolute atomic E-state index is 0. The molecule has 0 saturated carbocycles. The Hall–Kier alpha value is -0.820. The number of halogens is 1. The zero-order valence-electron chi connectivity index (χ0n) is 16.2. The summed E-state index contributed by atoms with van der Waals surface area (Å²) in [7, 11) is 0. The van der Waals surface area contributed by atoms with Crippen LogP contribution in [-0.2, 0) is 0 Å². The monoisotopic (exact) mass is 458 g/mol. The average Bonchev–Trinajstić information content (AvgIpc) is 2.44. The molecule has 1 aliphatic heterocycles. The largest absolute Gasteiger partial charge is 0.370 e. The summed E-state index contributed by atoms with van der Waals surface area (Å²) in [6, 6.07) is 6.34. The second-order valence-corrected chi connectivity index (χ2v) is 7.68. The van der Waals surface area contributed by atoms with Gasteiger partial charge in [0.2, 0.25) is 0 Å². The first kappa shape index (κ1) is 22.2. The van der Waals surface area contributed by atoms with Crippen molar-refractivity contribution >= 4 is 35.6 Å². The Morgan fingerprint density at radius 3 is 2.32 bits per heavy atom. The summed E-state index contributed by atoms with van der Waals surface area (Å²) < 4.78 is 0. The topological polar surface area (TPSA) is 53.6 Å². The number of anilines is 1. The number of aryl methyl sites for hydroxylation is 2. The predicted octanol–water partition coefficient (Wildman–Crippen LogP) is 4.41. The van der Waals surface area contributed by atoms with Crippen molar-refractivity contribution in [2.24, 2.45) is 22.6 Å². The van der Waals surface area contributed by atoms with E-state index in [2.05, 4.69) is 61.1 Å². The Morgan fingerprint density at radius 2 is 1.72 bits per heavy atom. The Labute approximate surface area is 170 Å². The lowest BCUT2D eigenvalue weighted by Gasteiger charge is -2.34. The molecule has 2 atom stereocenters. The molecular formula is C20H35IN4. The Bertz CT molecular complexity index is 528. The normalized spacial score (nSPS) is 21.7. The molecule has 3 N–H and O–H groups in total. The number of aliphatic imine (C=N–C) groups is 1. The summed E-state index contributed by atoms with van der Waals surface area (Å²) in [5.41, 5.74) is 9.48. The minimum atomic E-state index is 0. The second kappa shape index (κ2) is 11.0. The lowest BCUT2D eigenvalue weighted by molar-refractivity contribution is 0.139. The van der Waals surface area contributed by atoms with Gasteiger partial charge >= 0.3 is 0 Å². The maximum atomic E-state index is 6.00. The van der Waals surface area contributed by atoms with E-state index in [9.17, 15) is 0 Å². The van der Waals surface area contributed by atoms with Crippen LogP contribution in [0.25, 0.3) is 0 Å². The van der Waals surface area contributed by atoms with Crippen LogP contribution < -0.4 is 11.1 Å². The zero-order valence-corrected chi connectivity index (χ0v) is 18.5. The quantitative estimate of drug-likeness (QED) is 0.288. The first-order valence-corrected chi connectivity index (χ1v) is 9.30. The molecule has 0 bridgehead atoms. The van der Waals surface area contributed by atoms with Gasteiger partial charge in [0.15, 0.2) is 5.96 Å². The van der Waals surface area contributed by atoms with Gasteiger partial charge in [-0.2, -0.15) is 0 Å². The molecule has 1 aliphatic rings. The molecule has 2 unspecified atom stereocenters. The average molecular weight is 458 g/mol. The van der Waals surface area contributed by atoms with Crippen molar-refractivity contribution < 1.29 is 0 Å². The molecule has 0 aliphatic carbocycles. The van der Waals surface area contributed by atoms with Gasteiger partial charge in [0, 0.05) is 25.3 Å². The summed E-state index contributed by atoms with van der Waals surface area (Å²) in [6.07, 6.45) is 3.66. The van der Waals surface area contributed by atoms with E-state index in [0.29, 0.717) is 5.96 Å². The number of nitrogens with zero attached hydrogens (tertiary/aromatic N) is 2. The number of likely N-dealkylation sites (tertiary alicyclic amines) is 1. The van der Waals surface area contributed by atoms with Gasteiger partial charge in [0.05, 0.1) is 0 Å². The van der Waals surface area contributed by atoms with Crippen molar-refractivity contribution in [1.82, 2.24) is 4.90 Å². The highest BCUT2D eigenvalue weighted by atomic mass is 127. The van der Waals surface area contributed by atoms with E-state index in [4.69, 9.17) is 5.73 Å². The molecule has 5 heteroatoms. The van der Waals surface area contributed by atoms with Gasteiger partial charge in [0.1, 0.15) is 0 Å². The highest BCUT2D eigenvalue weighted by Gasteiger charge is 2.20. The van der Waals surface area contributed by atoms with E-state index in [1.54, 1.807) is 0 Å². The molecule has 1 saturated heterocycles. The molecule has 0 radical (unpaired) electrons. The number of hydrogen-bond donors (Lipinski definition) is 2. The van der Waals surface area contributed by atoms with Crippen LogP contribution in [-0.4, -0.2) is 37.0 Å². The molecule has 2 rings (SSSR count). The number of piperidine rings is 1. The van der Waals surface area contributed by atoms with Crippen molar-refractivity contribution in [2.45, 2.75) is 47.0 Å². The third-order valence-electron chi connectivity index (χ3n) is 4.60. The van der Waals surface area contributed by atoms with Crippen LogP contribution in [0.2, 0.25) is 0 Å². The molecule has 1 aromatic rings. The summed E-state index contributed by atoms with van der Waals surface area (Å²) in [4.78, 5) is 7.07. The Morgan fingerprint density at radius 1 is 1.12 bits per heavy atom. The molecule has 0 spiro atoms. The summed E-state index contributed by atoms with van der Waals surface area (Å²) >= 11 is 0. The molecule has 25 heavy (non-hydrogen) atoms. The standard InChI is InChI=1S/C20H34N4.HI/c1-15-9-16(2)12-19(11-15)23-20(21)22-7-5-6-8-24-13-17(3)10-18(4)14-24;/h9,11-12,17-18H,5-8,10,13-14H2,1-4H3,(H3,21,22,23);1H. The number of hydrogen-bond acceptors (Lipinski definition) is 2. The first-order valence-electron chi connectivity index (χ1n) is 9.30. The van der Waals surface area contributed by atoms with Gasteiger partial charge in [-0.15, -0.1) is 24.0 Å². The molecule has 142 valence electrons. The molecular weight excluding hydrogens is 423 g/mol. The third-order valence-corrected chi connectivity index (χ3v) is 4.60. The fourth-order valence-corrected chi connectivity index (χ4v) is 3.86. The highest BCUT2D eigenvalue weighted by molar-refractivity contribution is 14.0. The van der Waals surface area contributed by atoms with Crippen LogP contribution in [0.1, 0.15) is 44.2 Å². The van der Waals surface area contributed by atoms with Gasteiger partial charge in [-0.05, 0) is 74.8 Å². The van der Waals surface area contributed by atoms with Gasteiger partial charge < -0.3 is 16.0 Å². The number of rotatable bonds is 6. The summed E-state index contributed by atoms with van der Waals surface area (Å²) in [5, 5.41) is 3.19. The van der Waals surface area contributed by atoms with E-state index in [1.165, 1.54) is 43.6 Å². The summed E-state index contributed by atoms with van der Waals surface area (Å²) in [5.74, 6) is 2.19. The van der Waals surface area contributed by atoms with E-state index in [-0.39, 0.29) is 24.0 Å². The molecule has 0 amide bonds. The highest BCUT2D eigenvalue weighted by Crippen LogP contribution is 2.21. The molecule has 1 aromatic carbocycles. The fourth-order valence-electron chi connectivity index (χ4n) is 3.86. The lowest BCUT2D eigenvalue weighted by atomic mass is 9.92. The number of nitrogens with one attached hydrogen (secondary N) is 1. The lowest BCUT2D eigenvalue weighted by Crippen LogP contribution is -2.39. The second-order valence-electron chi connectivity index (χ2n) is 7.68. The smallest absolute Gasteiger partial charge is 0.193 e. The molecule has 1 fully saturated rings. The van der Waals surface area contributed by atoms with Crippen LogP contribution in [0.15, 0.2) is 23.2 Å². The Kier molecular flexibility index (Phi) is 9.79. The maximum Gasteiger partial charge on any atom is 0.193 e. The van der Waals surface area contributed by atoms with Crippen LogP contribution in [0.5, 0.6) is 0 Å². The number of nitrogens with two attached hydrogens (primary N) is 1. The van der Waals surface area contributed by atoms with Crippen LogP contribution in [0.3, 0.4) is 0 Å². The number of guanidine groups is 1. The fraction of sp³-hybridized carbons (Fsp3) is 0.650. The predicted molar refractivity (Wildman–Crippen MR) is 120 cm³/mol. The SMILES string of the molecule is Cc1cc(C)cc(NC(N)=NCCCCN2CC(C)CC(C)C2)c1.I. The van der Waals surface area contributed by atoms with E-state index in [0.717, 1.165) is 30.5 Å². The van der Waals surface area contributed by atoms with Crippen molar-refractivity contribution in [1.29, 1.82) is 0 Å². The molecule has 0 aromatic heterocycles. The molecule has 1 heterocycles. The van der Waals surface area contributed by atoms with E-state index >= 15 is 0 Å². The van der Waals surface area contributed by atoms with Gasteiger partial charge in [-0.3, -0.25) is 4.99 Å².